The van der Waals surface area contributed by atoms with Gasteiger partial charge in [0.2, 0.25) is 0 Å². The van der Waals surface area contributed by atoms with Crippen molar-refractivity contribution in [1.29, 1.82) is 0 Å². The van der Waals surface area contributed by atoms with Crippen molar-refractivity contribution in [2.24, 2.45) is 17.6 Å². The molecule has 0 bridgehead atoms. The smallest absolute Gasteiger partial charge is 0.139 e. The average molecular weight is 238 g/mol. The van der Waals surface area contributed by atoms with E-state index in [1.54, 1.807) is 0 Å². The highest BCUT2D eigenvalue weighted by atomic mass is 16.5. The highest BCUT2D eigenvalue weighted by Gasteiger charge is 2.26. The Kier molecular flexibility index (Phi) is 4.18. The largest absolute Gasteiger partial charge is 0.376 e. The van der Waals surface area contributed by atoms with E-state index in [9.17, 15) is 0 Å². The second-order valence-corrected chi connectivity index (χ2v) is 5.00. The van der Waals surface area contributed by atoms with Gasteiger partial charge in [-0.2, -0.15) is 0 Å². The van der Waals surface area contributed by atoms with Gasteiger partial charge in [-0.1, -0.05) is 11.6 Å². The minimum Gasteiger partial charge on any atom is -0.376 e. The van der Waals surface area contributed by atoms with Gasteiger partial charge in [0.05, 0.1) is 18.9 Å². The number of aryl methyl sites for hydroxylation is 2. The maximum atomic E-state index is 5.80. The van der Waals surface area contributed by atoms with E-state index in [-0.39, 0.29) is 0 Å². The molecule has 1 saturated carbocycles. The summed E-state index contributed by atoms with van der Waals surface area (Å²) in [5, 5.41) is 3.92. The summed E-state index contributed by atoms with van der Waals surface area (Å²) in [5.41, 5.74) is 7.78. The molecule has 1 aromatic rings. The monoisotopic (exact) mass is 238 g/mol. The molecule has 1 heterocycles. The lowest BCUT2D eigenvalue weighted by Crippen LogP contribution is -2.22. The van der Waals surface area contributed by atoms with E-state index in [1.165, 1.54) is 19.3 Å². The number of nitrogens with zero attached hydrogens (tertiary/aromatic N) is 1. The van der Waals surface area contributed by atoms with Crippen LogP contribution in [0.2, 0.25) is 0 Å². The molecule has 1 aliphatic carbocycles. The number of hydrogen-bond donors (Lipinski definition) is 1. The highest BCUT2D eigenvalue weighted by Crippen LogP contribution is 2.31. The SMILES string of the molecule is Cc1noc(C)c1COCC1CCCC1CN. The zero-order valence-electron chi connectivity index (χ0n) is 10.7. The zero-order chi connectivity index (χ0) is 12.3. The first-order valence-electron chi connectivity index (χ1n) is 6.42. The van der Waals surface area contributed by atoms with Crippen LogP contribution in [0.5, 0.6) is 0 Å². The molecule has 4 nitrogen and oxygen atoms in total. The predicted molar refractivity (Wildman–Crippen MR) is 65.5 cm³/mol. The summed E-state index contributed by atoms with van der Waals surface area (Å²) in [6, 6.07) is 0. The van der Waals surface area contributed by atoms with Gasteiger partial charge >= 0.3 is 0 Å². The van der Waals surface area contributed by atoms with Gasteiger partial charge in [0.25, 0.3) is 0 Å². The molecule has 4 heteroatoms. The van der Waals surface area contributed by atoms with Gasteiger partial charge in [-0.05, 0) is 45.1 Å². The van der Waals surface area contributed by atoms with Gasteiger partial charge in [0.1, 0.15) is 5.76 Å². The fourth-order valence-electron chi connectivity index (χ4n) is 2.66. The Morgan fingerprint density at radius 2 is 2.12 bits per heavy atom. The number of rotatable bonds is 5. The molecule has 1 aromatic heterocycles. The Morgan fingerprint density at radius 1 is 1.35 bits per heavy atom. The van der Waals surface area contributed by atoms with Crippen molar-refractivity contribution >= 4 is 0 Å². The van der Waals surface area contributed by atoms with Crippen molar-refractivity contribution in [3.05, 3.63) is 17.0 Å². The van der Waals surface area contributed by atoms with Gasteiger partial charge in [0, 0.05) is 5.56 Å². The summed E-state index contributed by atoms with van der Waals surface area (Å²) in [6.45, 7) is 6.09. The summed E-state index contributed by atoms with van der Waals surface area (Å²) in [5.74, 6) is 2.16. The molecule has 17 heavy (non-hydrogen) atoms. The third-order valence-corrected chi connectivity index (χ3v) is 3.88. The molecule has 2 rings (SSSR count). The lowest BCUT2D eigenvalue weighted by molar-refractivity contribution is 0.0744. The molecule has 1 aliphatic rings. The van der Waals surface area contributed by atoms with Crippen LogP contribution >= 0.6 is 0 Å². The number of ether oxygens (including phenoxy) is 1. The Hall–Kier alpha value is -0.870. The summed E-state index contributed by atoms with van der Waals surface area (Å²) in [4.78, 5) is 0. The third kappa shape index (κ3) is 2.87. The van der Waals surface area contributed by atoms with Crippen molar-refractivity contribution < 1.29 is 9.26 Å². The van der Waals surface area contributed by atoms with Crippen LogP contribution in [0, 0.1) is 25.7 Å². The Balaban J connectivity index is 1.80. The minimum atomic E-state index is 0.606. The second-order valence-electron chi connectivity index (χ2n) is 5.00. The summed E-state index contributed by atoms with van der Waals surface area (Å²) >= 11 is 0. The second kappa shape index (κ2) is 5.65. The van der Waals surface area contributed by atoms with E-state index in [4.69, 9.17) is 15.0 Å². The molecule has 2 atom stereocenters. The quantitative estimate of drug-likeness (QED) is 0.854. The molecule has 0 aromatic carbocycles. The number of hydrogen-bond acceptors (Lipinski definition) is 4. The van der Waals surface area contributed by atoms with E-state index < -0.39 is 0 Å². The molecule has 0 radical (unpaired) electrons. The van der Waals surface area contributed by atoms with Gasteiger partial charge in [-0.25, -0.2) is 0 Å². The minimum absolute atomic E-state index is 0.606. The van der Waals surface area contributed by atoms with Crippen LogP contribution in [-0.2, 0) is 11.3 Å². The van der Waals surface area contributed by atoms with Crippen LogP contribution in [0.3, 0.4) is 0 Å². The Bertz CT molecular complexity index is 343. The molecule has 96 valence electrons. The first kappa shape index (κ1) is 12.6. The molecule has 0 saturated heterocycles. The maximum absolute atomic E-state index is 5.80. The summed E-state index contributed by atoms with van der Waals surface area (Å²) in [7, 11) is 0. The van der Waals surface area contributed by atoms with Gasteiger partial charge in [-0.3, -0.25) is 0 Å². The van der Waals surface area contributed by atoms with Gasteiger partial charge in [0.15, 0.2) is 0 Å². The Labute approximate surface area is 102 Å². The first-order valence-corrected chi connectivity index (χ1v) is 6.42. The molecule has 0 amide bonds. The number of nitrogens with two attached hydrogens (primary N) is 1. The van der Waals surface area contributed by atoms with Crippen LogP contribution < -0.4 is 5.73 Å². The van der Waals surface area contributed by atoms with Crippen molar-refractivity contribution in [2.45, 2.75) is 39.7 Å². The van der Waals surface area contributed by atoms with Gasteiger partial charge in [-0.15, -0.1) is 0 Å². The van der Waals surface area contributed by atoms with Crippen molar-refractivity contribution in [3.8, 4) is 0 Å². The maximum Gasteiger partial charge on any atom is 0.139 e. The van der Waals surface area contributed by atoms with Crippen LogP contribution in [0.15, 0.2) is 4.52 Å². The van der Waals surface area contributed by atoms with E-state index in [1.807, 2.05) is 13.8 Å². The molecule has 0 aliphatic heterocycles. The number of aromatic nitrogens is 1. The fraction of sp³-hybridized carbons (Fsp3) is 0.769. The van der Waals surface area contributed by atoms with Crippen LogP contribution in [0.1, 0.15) is 36.3 Å². The molecule has 2 N–H and O–H groups in total. The molecule has 0 spiro atoms. The fourth-order valence-corrected chi connectivity index (χ4v) is 2.66. The van der Waals surface area contributed by atoms with E-state index in [0.717, 1.165) is 30.2 Å². The van der Waals surface area contributed by atoms with Crippen molar-refractivity contribution in [1.82, 2.24) is 5.16 Å². The first-order chi connectivity index (χ1) is 8.22. The van der Waals surface area contributed by atoms with Crippen LogP contribution in [0.4, 0.5) is 0 Å². The van der Waals surface area contributed by atoms with E-state index >= 15 is 0 Å². The molecule has 1 fully saturated rings. The van der Waals surface area contributed by atoms with Crippen molar-refractivity contribution in [2.75, 3.05) is 13.2 Å². The van der Waals surface area contributed by atoms with Crippen molar-refractivity contribution in [3.63, 3.8) is 0 Å². The van der Waals surface area contributed by atoms with Gasteiger partial charge < -0.3 is 15.0 Å². The lowest BCUT2D eigenvalue weighted by atomic mass is 9.97. The molecular weight excluding hydrogens is 216 g/mol. The Morgan fingerprint density at radius 3 is 2.76 bits per heavy atom. The normalized spacial score (nSPS) is 24.4. The average Bonchev–Trinajstić information content (AvgIpc) is 2.89. The standard InChI is InChI=1S/C13H22N2O2/c1-9-13(10(2)17-15-9)8-16-7-12-5-3-4-11(12)6-14/h11-12H,3-8,14H2,1-2H3. The van der Waals surface area contributed by atoms with E-state index in [2.05, 4.69) is 5.16 Å². The predicted octanol–water partition coefficient (Wildman–Crippen LogP) is 2.18. The molecular formula is C13H22N2O2. The third-order valence-electron chi connectivity index (χ3n) is 3.88. The highest BCUT2D eigenvalue weighted by molar-refractivity contribution is 5.19. The zero-order valence-corrected chi connectivity index (χ0v) is 10.7. The topological polar surface area (TPSA) is 61.3 Å². The van der Waals surface area contributed by atoms with E-state index in [0.29, 0.717) is 18.4 Å². The van der Waals surface area contributed by atoms with Crippen LogP contribution in [-0.4, -0.2) is 18.3 Å². The summed E-state index contributed by atoms with van der Waals surface area (Å²) in [6.07, 6.45) is 3.81. The van der Waals surface area contributed by atoms with Crippen LogP contribution in [0.25, 0.3) is 0 Å². The summed E-state index contributed by atoms with van der Waals surface area (Å²) < 4.78 is 10.9. The molecule has 2 unspecified atom stereocenters. The lowest BCUT2D eigenvalue weighted by Gasteiger charge is -2.17.